The van der Waals surface area contributed by atoms with Gasteiger partial charge >= 0.3 is 5.97 Å². The fourth-order valence-corrected chi connectivity index (χ4v) is 1.08. The zero-order valence-corrected chi connectivity index (χ0v) is 7.78. The average Bonchev–Trinajstić information content (AvgIpc) is 2.04. The molecule has 0 radical (unpaired) electrons. The lowest BCUT2D eigenvalue weighted by Gasteiger charge is -2.05. The van der Waals surface area contributed by atoms with Crippen LogP contribution >= 0.6 is 15.9 Å². The van der Waals surface area contributed by atoms with Crippen molar-refractivity contribution in [1.29, 1.82) is 0 Å². The van der Waals surface area contributed by atoms with Crippen LogP contribution in [0.5, 0.6) is 0 Å². The van der Waals surface area contributed by atoms with Gasteiger partial charge in [0, 0.05) is 4.47 Å². The third-order valence-corrected chi connectivity index (χ3v) is 2.02. The van der Waals surface area contributed by atoms with Crippen LogP contribution in [-0.4, -0.2) is 11.1 Å². The molecule has 0 spiro atoms. The van der Waals surface area contributed by atoms with Gasteiger partial charge in [0.25, 0.3) is 0 Å². The zero-order chi connectivity index (χ0) is 9.14. The first kappa shape index (κ1) is 9.22. The van der Waals surface area contributed by atoms with Crippen LogP contribution in [0, 0.1) is 0 Å². The molecular formula is C8H8BrNO2. The number of nitrogens with two attached hydrogens (primary N) is 1. The van der Waals surface area contributed by atoms with Gasteiger partial charge < -0.3 is 10.8 Å². The molecule has 0 bridgehead atoms. The monoisotopic (exact) mass is 229 g/mol. The number of aliphatic carboxylic acids is 1. The molecule has 0 fully saturated rings. The minimum absolute atomic E-state index is 0.603. The van der Waals surface area contributed by atoms with Crippen LogP contribution in [0.25, 0.3) is 0 Å². The summed E-state index contributed by atoms with van der Waals surface area (Å²) < 4.78 is 0.906. The maximum atomic E-state index is 10.4. The number of rotatable bonds is 2. The molecule has 0 saturated heterocycles. The van der Waals surface area contributed by atoms with E-state index in [1.165, 1.54) is 0 Å². The molecule has 0 amide bonds. The first-order valence-corrected chi connectivity index (χ1v) is 4.14. The Kier molecular flexibility index (Phi) is 2.83. The molecule has 4 heteroatoms. The van der Waals surface area contributed by atoms with Crippen molar-refractivity contribution in [3.63, 3.8) is 0 Å². The van der Waals surface area contributed by atoms with E-state index in [0.717, 1.165) is 4.47 Å². The van der Waals surface area contributed by atoms with Crippen LogP contribution < -0.4 is 5.73 Å². The summed E-state index contributed by atoms with van der Waals surface area (Å²) in [6.45, 7) is 0. The number of carboxylic acid groups (broad SMARTS) is 1. The van der Waals surface area contributed by atoms with Crippen molar-refractivity contribution in [2.45, 2.75) is 6.04 Å². The SMILES string of the molecule is NC(C(=O)O)c1ccc(Br)cc1. The van der Waals surface area contributed by atoms with Gasteiger partial charge in [-0.2, -0.15) is 0 Å². The van der Waals surface area contributed by atoms with Crippen LogP contribution in [0.1, 0.15) is 11.6 Å². The number of halogens is 1. The molecule has 1 unspecified atom stereocenters. The lowest BCUT2D eigenvalue weighted by molar-refractivity contribution is -0.138. The highest BCUT2D eigenvalue weighted by Gasteiger charge is 2.12. The quantitative estimate of drug-likeness (QED) is 0.809. The van der Waals surface area contributed by atoms with Crippen molar-refractivity contribution >= 4 is 21.9 Å². The Hall–Kier alpha value is -0.870. The minimum Gasteiger partial charge on any atom is -0.480 e. The van der Waals surface area contributed by atoms with E-state index in [2.05, 4.69) is 15.9 Å². The average molecular weight is 230 g/mol. The molecule has 1 aromatic rings. The van der Waals surface area contributed by atoms with E-state index >= 15 is 0 Å². The van der Waals surface area contributed by atoms with E-state index < -0.39 is 12.0 Å². The maximum Gasteiger partial charge on any atom is 0.325 e. The van der Waals surface area contributed by atoms with E-state index in [0.29, 0.717) is 5.56 Å². The molecule has 0 heterocycles. The van der Waals surface area contributed by atoms with E-state index in [1.807, 2.05) is 0 Å². The number of benzene rings is 1. The Labute approximate surface area is 78.3 Å². The second-order valence-electron chi connectivity index (χ2n) is 2.37. The highest BCUT2D eigenvalue weighted by atomic mass is 79.9. The van der Waals surface area contributed by atoms with Crippen LogP contribution in [0.4, 0.5) is 0 Å². The molecule has 12 heavy (non-hydrogen) atoms. The van der Waals surface area contributed by atoms with Crippen LogP contribution in [0.15, 0.2) is 28.7 Å². The highest BCUT2D eigenvalue weighted by molar-refractivity contribution is 9.10. The molecule has 64 valence electrons. The van der Waals surface area contributed by atoms with Crippen molar-refractivity contribution in [2.24, 2.45) is 5.73 Å². The highest BCUT2D eigenvalue weighted by Crippen LogP contribution is 2.15. The molecule has 3 N–H and O–H groups in total. The number of carboxylic acids is 1. The van der Waals surface area contributed by atoms with Crippen molar-refractivity contribution < 1.29 is 9.90 Å². The van der Waals surface area contributed by atoms with Gasteiger partial charge in [-0.05, 0) is 17.7 Å². The molecule has 0 aliphatic rings. The van der Waals surface area contributed by atoms with Gasteiger partial charge in [0.15, 0.2) is 0 Å². The van der Waals surface area contributed by atoms with Gasteiger partial charge in [0.1, 0.15) is 6.04 Å². The summed E-state index contributed by atoms with van der Waals surface area (Å²) in [5, 5.41) is 8.57. The van der Waals surface area contributed by atoms with E-state index in [-0.39, 0.29) is 0 Å². The van der Waals surface area contributed by atoms with Crippen molar-refractivity contribution in [2.75, 3.05) is 0 Å². The topological polar surface area (TPSA) is 63.3 Å². The third-order valence-electron chi connectivity index (χ3n) is 1.50. The molecule has 1 atom stereocenters. The lowest BCUT2D eigenvalue weighted by atomic mass is 10.1. The molecule has 3 nitrogen and oxygen atoms in total. The molecule has 0 aliphatic carbocycles. The Bertz CT molecular complexity index is 284. The minimum atomic E-state index is -1.02. The number of carbonyl (C=O) groups is 1. The summed E-state index contributed by atoms with van der Waals surface area (Å²) in [6, 6.07) is 5.96. The Morgan fingerprint density at radius 2 is 1.92 bits per heavy atom. The maximum absolute atomic E-state index is 10.4. The predicted molar refractivity (Wildman–Crippen MR) is 48.7 cm³/mol. The van der Waals surface area contributed by atoms with Gasteiger partial charge in [0.05, 0.1) is 0 Å². The van der Waals surface area contributed by atoms with Gasteiger partial charge in [-0.25, -0.2) is 0 Å². The molecular weight excluding hydrogens is 222 g/mol. The Morgan fingerprint density at radius 1 is 1.42 bits per heavy atom. The van der Waals surface area contributed by atoms with E-state index in [9.17, 15) is 4.79 Å². The summed E-state index contributed by atoms with van der Waals surface area (Å²) >= 11 is 3.24. The zero-order valence-electron chi connectivity index (χ0n) is 6.20. The second kappa shape index (κ2) is 3.69. The van der Waals surface area contributed by atoms with Gasteiger partial charge in [-0.15, -0.1) is 0 Å². The van der Waals surface area contributed by atoms with E-state index in [4.69, 9.17) is 10.8 Å². The molecule has 1 aromatic carbocycles. The smallest absolute Gasteiger partial charge is 0.325 e. The third kappa shape index (κ3) is 2.06. The second-order valence-corrected chi connectivity index (χ2v) is 3.28. The molecule has 1 rings (SSSR count). The van der Waals surface area contributed by atoms with E-state index in [1.54, 1.807) is 24.3 Å². The fraction of sp³-hybridized carbons (Fsp3) is 0.125. The summed E-state index contributed by atoms with van der Waals surface area (Å²) in [5.41, 5.74) is 5.98. The molecule has 0 saturated carbocycles. The normalized spacial score (nSPS) is 12.5. The van der Waals surface area contributed by atoms with Gasteiger partial charge in [0.2, 0.25) is 0 Å². The Balaban J connectivity index is 2.89. The first-order valence-electron chi connectivity index (χ1n) is 3.35. The lowest BCUT2D eigenvalue weighted by Crippen LogP contribution is -2.20. The van der Waals surface area contributed by atoms with Crippen molar-refractivity contribution in [3.8, 4) is 0 Å². The fourth-order valence-electron chi connectivity index (χ4n) is 0.813. The first-order chi connectivity index (χ1) is 5.61. The molecule has 0 aliphatic heterocycles. The summed E-state index contributed by atoms with van der Waals surface area (Å²) in [7, 11) is 0. The van der Waals surface area contributed by atoms with Crippen LogP contribution in [-0.2, 0) is 4.79 Å². The summed E-state index contributed by atoms with van der Waals surface area (Å²) in [6.07, 6.45) is 0. The number of hydrogen-bond donors (Lipinski definition) is 2. The number of hydrogen-bond acceptors (Lipinski definition) is 2. The van der Waals surface area contributed by atoms with Crippen LogP contribution in [0.3, 0.4) is 0 Å². The van der Waals surface area contributed by atoms with Gasteiger partial charge in [-0.3, -0.25) is 4.79 Å². The van der Waals surface area contributed by atoms with Crippen molar-refractivity contribution in [1.82, 2.24) is 0 Å². The standard InChI is InChI=1S/C8H8BrNO2/c9-6-3-1-5(2-4-6)7(10)8(11)12/h1-4,7H,10H2,(H,11,12). The molecule has 0 aromatic heterocycles. The van der Waals surface area contributed by atoms with Gasteiger partial charge in [-0.1, -0.05) is 28.1 Å². The van der Waals surface area contributed by atoms with Crippen LogP contribution in [0.2, 0.25) is 0 Å². The summed E-state index contributed by atoms with van der Waals surface area (Å²) in [5.74, 6) is -1.02. The largest absolute Gasteiger partial charge is 0.480 e. The Morgan fingerprint density at radius 3 is 2.33 bits per heavy atom. The summed E-state index contributed by atoms with van der Waals surface area (Å²) in [4.78, 5) is 10.4. The van der Waals surface area contributed by atoms with Crippen molar-refractivity contribution in [3.05, 3.63) is 34.3 Å². The predicted octanol–water partition coefficient (Wildman–Crippen LogP) is 1.53.